The second-order valence-electron chi connectivity index (χ2n) is 9.99. The lowest BCUT2D eigenvalue weighted by Gasteiger charge is -2.35. The van der Waals surface area contributed by atoms with Crippen molar-refractivity contribution in [3.05, 3.63) is 5.76 Å². The highest BCUT2D eigenvalue weighted by atomic mass is 28.3. The smallest absolute Gasteiger partial charge is 0.210 e. The molecule has 7 nitrogen and oxygen atoms in total. The van der Waals surface area contributed by atoms with Crippen LogP contribution in [-0.2, 0) is 23.8 Å². The van der Waals surface area contributed by atoms with E-state index in [9.17, 15) is 9.59 Å². The number of carbonyl (C=O) groups excluding carboxylic acids is 2. The number of hydrogen-bond donors (Lipinski definition) is 1. The van der Waals surface area contributed by atoms with Gasteiger partial charge in [-0.05, 0) is 0 Å². The summed E-state index contributed by atoms with van der Waals surface area (Å²) in [7, 11) is -3.57. The maximum absolute atomic E-state index is 13.4. The fraction of sp³-hybridized carbons (Fsp3) is 0.842. The molecule has 0 aromatic carbocycles. The average molecular weight is 429 g/mol. The Hall–Kier alpha value is -0.806. The van der Waals surface area contributed by atoms with Crippen LogP contribution in [0.1, 0.15) is 0 Å². The van der Waals surface area contributed by atoms with Gasteiger partial charge in [0.2, 0.25) is 6.29 Å². The van der Waals surface area contributed by atoms with Crippen molar-refractivity contribution < 1.29 is 23.8 Å². The van der Waals surface area contributed by atoms with E-state index in [0.717, 1.165) is 26.2 Å². The molecule has 0 spiro atoms. The third kappa shape index (κ3) is 6.91. The molecule has 0 aromatic rings. The Kier molecular flexibility index (Phi) is 8.21. The molecule has 2 saturated heterocycles. The summed E-state index contributed by atoms with van der Waals surface area (Å²) in [6.45, 7) is 17.1. The Morgan fingerprint density at radius 2 is 1.82 bits per heavy atom. The summed E-state index contributed by atoms with van der Waals surface area (Å²) in [6, 6.07) is 0.577. The first-order chi connectivity index (χ1) is 13.0. The molecule has 160 valence electrons. The van der Waals surface area contributed by atoms with Crippen LogP contribution in [0.25, 0.3) is 0 Å². The van der Waals surface area contributed by atoms with Gasteiger partial charge in [-0.15, -0.1) is 0 Å². The van der Waals surface area contributed by atoms with E-state index in [1.54, 1.807) is 0 Å². The van der Waals surface area contributed by atoms with E-state index in [4.69, 9.17) is 14.2 Å². The van der Waals surface area contributed by atoms with Crippen molar-refractivity contribution in [2.24, 2.45) is 0 Å². The van der Waals surface area contributed by atoms with Crippen LogP contribution in [0.2, 0.25) is 50.9 Å². The van der Waals surface area contributed by atoms with Gasteiger partial charge in [-0.25, -0.2) is 4.79 Å². The van der Waals surface area contributed by atoms with Crippen molar-refractivity contribution in [1.82, 2.24) is 10.2 Å². The number of nitrogens with zero attached hydrogens (tertiary/aromatic N) is 1. The second-order valence-corrected chi connectivity index (χ2v) is 20.8. The molecule has 9 heteroatoms. The number of carbonyl (C=O) groups is 1. The Morgan fingerprint density at radius 1 is 1.18 bits per heavy atom. The minimum absolute atomic E-state index is 0.00672. The summed E-state index contributed by atoms with van der Waals surface area (Å²) < 4.78 is 17.6. The van der Waals surface area contributed by atoms with E-state index < -0.39 is 34.1 Å². The quantitative estimate of drug-likeness (QED) is 0.377. The molecule has 2 aliphatic rings. The molecule has 2 rings (SSSR count). The van der Waals surface area contributed by atoms with Crippen LogP contribution in [0.15, 0.2) is 5.76 Å². The number of piperazine rings is 1. The topological polar surface area (TPSA) is 77.1 Å². The molecule has 3 unspecified atom stereocenters. The van der Waals surface area contributed by atoms with Crippen LogP contribution in [-0.4, -0.2) is 84.7 Å². The molecular weight excluding hydrogens is 392 g/mol. The standard InChI is InChI=1S/C19H36N2O5Si2/c1-27(2,3)13-15(12-22)26-19-18(28(4,5)6)17(23)16(24-14-25-19)11-21-9-7-20-8-10-21/h16,18-20H,7-11,13-14H2,1-6H3. The molecule has 2 aliphatic heterocycles. The summed E-state index contributed by atoms with van der Waals surface area (Å²) in [4.78, 5) is 27.2. The number of allylic oxidation sites excluding steroid dienone is 1. The van der Waals surface area contributed by atoms with E-state index in [0.29, 0.717) is 12.6 Å². The average Bonchev–Trinajstić information content (AvgIpc) is 2.73. The lowest BCUT2D eigenvalue weighted by molar-refractivity contribution is -0.171. The molecule has 0 aliphatic carbocycles. The number of rotatable bonds is 7. The first-order valence-electron chi connectivity index (χ1n) is 10.1. The van der Waals surface area contributed by atoms with Gasteiger partial charge in [0, 0.05) is 38.8 Å². The number of Topliss-reactive ketones (excluding diaryl/α,β-unsaturated/α-hetero) is 1. The van der Waals surface area contributed by atoms with Crippen molar-refractivity contribution in [3.63, 3.8) is 0 Å². The van der Waals surface area contributed by atoms with Gasteiger partial charge in [0.15, 0.2) is 24.3 Å². The SMILES string of the molecule is C[Si](C)(C)CC(=C=O)OC1OCOC(CN2CCNCC2)C(=O)C1[Si](C)(C)C. The number of ether oxygens (including phenoxy) is 3. The van der Waals surface area contributed by atoms with E-state index in [2.05, 4.69) is 49.5 Å². The minimum atomic E-state index is -2.00. The van der Waals surface area contributed by atoms with Gasteiger partial charge in [0.1, 0.15) is 6.10 Å². The van der Waals surface area contributed by atoms with E-state index in [1.807, 2.05) is 5.94 Å². The van der Waals surface area contributed by atoms with E-state index in [-0.39, 0.29) is 18.3 Å². The molecular formula is C19H36N2O5Si2. The zero-order valence-corrected chi connectivity index (χ0v) is 20.2. The van der Waals surface area contributed by atoms with Gasteiger partial charge in [-0.1, -0.05) is 39.3 Å². The summed E-state index contributed by atoms with van der Waals surface area (Å²) >= 11 is 0. The summed E-state index contributed by atoms with van der Waals surface area (Å²) in [6.07, 6.45) is -1.30. The monoisotopic (exact) mass is 428 g/mol. The number of nitrogens with one attached hydrogen (secondary N) is 1. The molecule has 0 bridgehead atoms. The molecule has 0 amide bonds. The first-order valence-corrected chi connectivity index (χ1v) is 17.4. The number of hydrogen-bond acceptors (Lipinski definition) is 7. The third-order valence-corrected chi connectivity index (χ3v) is 8.83. The molecule has 2 fully saturated rings. The van der Waals surface area contributed by atoms with Gasteiger partial charge in [-0.2, -0.15) is 0 Å². The van der Waals surface area contributed by atoms with Crippen molar-refractivity contribution in [1.29, 1.82) is 0 Å². The van der Waals surface area contributed by atoms with Crippen LogP contribution in [0, 0.1) is 0 Å². The highest BCUT2D eigenvalue weighted by Gasteiger charge is 2.47. The van der Waals surface area contributed by atoms with E-state index in [1.165, 1.54) is 0 Å². The lowest BCUT2D eigenvalue weighted by Crippen LogP contribution is -2.51. The Balaban J connectivity index is 2.17. The summed E-state index contributed by atoms with van der Waals surface area (Å²) in [5, 5.41) is 3.32. The Morgan fingerprint density at radius 3 is 2.36 bits per heavy atom. The minimum Gasteiger partial charge on any atom is -0.458 e. The first kappa shape index (κ1) is 23.5. The molecule has 2 heterocycles. The van der Waals surface area contributed by atoms with Gasteiger partial charge >= 0.3 is 0 Å². The molecule has 28 heavy (non-hydrogen) atoms. The molecule has 0 aromatic heterocycles. The molecule has 1 N–H and O–H groups in total. The second kappa shape index (κ2) is 9.80. The van der Waals surface area contributed by atoms with Gasteiger partial charge in [-0.3, -0.25) is 9.69 Å². The van der Waals surface area contributed by atoms with E-state index >= 15 is 0 Å². The largest absolute Gasteiger partial charge is 0.458 e. The van der Waals surface area contributed by atoms with Crippen molar-refractivity contribution in [3.8, 4) is 0 Å². The highest BCUT2D eigenvalue weighted by molar-refractivity contribution is 6.80. The normalized spacial score (nSPS) is 27.8. The van der Waals surface area contributed by atoms with Crippen LogP contribution >= 0.6 is 0 Å². The van der Waals surface area contributed by atoms with Crippen LogP contribution in [0.5, 0.6) is 0 Å². The zero-order valence-electron chi connectivity index (χ0n) is 18.2. The molecule has 0 radical (unpaired) electrons. The van der Waals surface area contributed by atoms with Crippen LogP contribution in [0.3, 0.4) is 0 Å². The maximum atomic E-state index is 13.4. The summed E-state index contributed by atoms with van der Waals surface area (Å²) in [5.74, 6) is 2.24. The lowest BCUT2D eigenvalue weighted by atomic mass is 10.1. The fourth-order valence-electron chi connectivity index (χ4n) is 3.63. The predicted octanol–water partition coefficient (Wildman–Crippen LogP) is 1.94. The number of ketones is 1. The highest BCUT2D eigenvalue weighted by Crippen LogP contribution is 2.35. The van der Waals surface area contributed by atoms with Gasteiger partial charge < -0.3 is 19.5 Å². The fourth-order valence-corrected chi connectivity index (χ4v) is 6.77. The molecule has 3 atom stereocenters. The predicted molar refractivity (Wildman–Crippen MR) is 114 cm³/mol. The van der Waals surface area contributed by atoms with Crippen LogP contribution in [0.4, 0.5) is 0 Å². The molecule has 0 saturated carbocycles. The zero-order chi connectivity index (χ0) is 20.9. The van der Waals surface area contributed by atoms with Gasteiger partial charge in [0.25, 0.3) is 0 Å². The Bertz CT molecular complexity index is 590. The van der Waals surface area contributed by atoms with Gasteiger partial charge in [0.05, 0.1) is 21.7 Å². The van der Waals surface area contributed by atoms with Crippen molar-refractivity contribution in [2.75, 3.05) is 39.5 Å². The van der Waals surface area contributed by atoms with Crippen molar-refractivity contribution in [2.45, 2.75) is 63.3 Å². The maximum Gasteiger partial charge on any atom is 0.210 e. The van der Waals surface area contributed by atoms with Crippen molar-refractivity contribution >= 4 is 27.9 Å². The summed E-state index contributed by atoms with van der Waals surface area (Å²) in [5.41, 5.74) is -0.395. The third-order valence-electron chi connectivity index (χ3n) is 5.03. The van der Waals surface area contributed by atoms with Crippen LogP contribution < -0.4 is 5.32 Å². The Labute approximate surface area is 170 Å².